The van der Waals surface area contributed by atoms with Crippen LogP contribution in [0.2, 0.25) is 10.0 Å². The van der Waals surface area contributed by atoms with Gasteiger partial charge in [-0.05, 0) is 68.5 Å². The summed E-state index contributed by atoms with van der Waals surface area (Å²) in [5.74, 6) is 17.9. The SMILES string of the molecule is CC(C)(N)C#Cc1ccc(NC(=O)CS/C(=N/N)N(N)c2ccc(C3CC3)cc2Cl)c(Cl)c1. The van der Waals surface area contributed by atoms with Gasteiger partial charge in [-0.25, -0.2) is 5.84 Å². The Morgan fingerprint density at radius 3 is 2.55 bits per heavy atom. The molecular formula is C23H26Cl2N6OS. The first kappa shape index (κ1) is 25.2. The van der Waals surface area contributed by atoms with E-state index in [2.05, 4.69) is 22.3 Å². The predicted molar refractivity (Wildman–Crippen MR) is 139 cm³/mol. The molecular weight excluding hydrogens is 479 g/mol. The van der Waals surface area contributed by atoms with Crippen LogP contribution in [-0.2, 0) is 4.79 Å². The van der Waals surface area contributed by atoms with Crippen molar-refractivity contribution in [3.63, 3.8) is 0 Å². The van der Waals surface area contributed by atoms with Gasteiger partial charge >= 0.3 is 0 Å². The van der Waals surface area contributed by atoms with Crippen molar-refractivity contribution >= 4 is 57.4 Å². The fraction of sp³-hybridized carbons (Fsp3) is 0.304. The van der Waals surface area contributed by atoms with Crippen LogP contribution in [0, 0.1) is 11.8 Å². The molecule has 10 heteroatoms. The third kappa shape index (κ3) is 7.29. The highest BCUT2D eigenvalue weighted by Gasteiger charge is 2.25. The molecule has 1 amide bonds. The third-order valence-electron chi connectivity index (χ3n) is 4.70. The van der Waals surface area contributed by atoms with Crippen LogP contribution in [0.3, 0.4) is 0 Å². The number of nitrogens with zero attached hydrogens (tertiary/aromatic N) is 2. The van der Waals surface area contributed by atoms with E-state index < -0.39 is 5.54 Å². The number of hydrogen-bond donors (Lipinski definition) is 4. The summed E-state index contributed by atoms with van der Waals surface area (Å²) in [5.41, 5.74) is 8.17. The average molecular weight is 505 g/mol. The Morgan fingerprint density at radius 2 is 1.97 bits per heavy atom. The zero-order valence-electron chi connectivity index (χ0n) is 18.4. The Balaban J connectivity index is 1.59. The van der Waals surface area contributed by atoms with Crippen LogP contribution in [0.15, 0.2) is 41.5 Å². The first-order valence-corrected chi connectivity index (χ1v) is 12.0. The predicted octanol–water partition coefficient (Wildman–Crippen LogP) is 4.24. The van der Waals surface area contributed by atoms with Crippen molar-refractivity contribution in [3.8, 4) is 11.8 Å². The number of nitrogens with two attached hydrogens (primary N) is 3. The van der Waals surface area contributed by atoms with Crippen molar-refractivity contribution in [1.82, 2.24) is 0 Å². The molecule has 0 bridgehead atoms. The van der Waals surface area contributed by atoms with Gasteiger partial charge in [-0.3, -0.25) is 9.80 Å². The monoisotopic (exact) mass is 504 g/mol. The third-order valence-corrected chi connectivity index (χ3v) is 6.28. The number of rotatable bonds is 5. The van der Waals surface area contributed by atoms with Gasteiger partial charge in [0.2, 0.25) is 11.1 Å². The lowest BCUT2D eigenvalue weighted by Crippen LogP contribution is -2.37. The van der Waals surface area contributed by atoms with Crippen molar-refractivity contribution in [2.45, 2.75) is 38.1 Å². The molecule has 0 saturated heterocycles. The first-order chi connectivity index (χ1) is 15.6. The molecule has 0 spiro atoms. The van der Waals surface area contributed by atoms with Gasteiger partial charge in [0.15, 0.2) is 0 Å². The Kier molecular flexibility index (Phi) is 8.16. The van der Waals surface area contributed by atoms with Crippen molar-refractivity contribution in [2.75, 3.05) is 16.1 Å². The van der Waals surface area contributed by atoms with Crippen LogP contribution in [-0.4, -0.2) is 22.4 Å². The molecule has 0 heterocycles. The Hall–Kier alpha value is -2.41. The van der Waals surface area contributed by atoms with E-state index in [1.807, 2.05) is 32.0 Å². The zero-order valence-corrected chi connectivity index (χ0v) is 20.7. The van der Waals surface area contributed by atoms with Crippen molar-refractivity contribution in [1.29, 1.82) is 0 Å². The molecule has 7 N–H and O–H groups in total. The summed E-state index contributed by atoms with van der Waals surface area (Å²) in [4.78, 5) is 12.5. The molecule has 1 saturated carbocycles. The summed E-state index contributed by atoms with van der Waals surface area (Å²) in [6.07, 6.45) is 2.35. The van der Waals surface area contributed by atoms with Gasteiger partial charge < -0.3 is 16.9 Å². The van der Waals surface area contributed by atoms with Gasteiger partial charge in [-0.1, -0.05) is 52.9 Å². The number of benzene rings is 2. The molecule has 0 aromatic heterocycles. The Morgan fingerprint density at radius 1 is 1.24 bits per heavy atom. The molecule has 0 radical (unpaired) electrons. The second-order valence-electron chi connectivity index (χ2n) is 8.27. The molecule has 0 unspecified atom stereocenters. The molecule has 7 nitrogen and oxygen atoms in total. The number of halogens is 2. The number of amidine groups is 1. The van der Waals surface area contributed by atoms with Crippen LogP contribution >= 0.6 is 35.0 Å². The van der Waals surface area contributed by atoms with Gasteiger partial charge in [0.25, 0.3) is 0 Å². The molecule has 33 heavy (non-hydrogen) atoms. The van der Waals surface area contributed by atoms with E-state index in [-0.39, 0.29) is 16.8 Å². The standard InChI is InChI=1S/C23H26Cl2N6OS/c1-23(2,26)10-9-14-3-7-19(17(24)11-14)29-21(32)13-33-22(30-27)31(28)20-8-6-16(12-18(20)25)15-4-5-15/h3,6-8,11-12,15H,4-5,13,26-28H2,1-2H3,(H,29,32)/b30-22+. The lowest BCUT2D eigenvalue weighted by molar-refractivity contribution is -0.113. The smallest absolute Gasteiger partial charge is 0.234 e. The van der Waals surface area contributed by atoms with Crippen LogP contribution in [0.25, 0.3) is 0 Å². The van der Waals surface area contributed by atoms with Gasteiger partial charge in [0.05, 0.1) is 32.7 Å². The summed E-state index contributed by atoms with van der Waals surface area (Å²) in [5, 5.41) is 8.86. The summed E-state index contributed by atoms with van der Waals surface area (Å²) in [6.45, 7) is 3.62. The van der Waals surface area contributed by atoms with Gasteiger partial charge in [0, 0.05) is 5.56 Å². The van der Waals surface area contributed by atoms with Crippen LogP contribution in [0.1, 0.15) is 43.7 Å². The molecule has 2 aromatic carbocycles. The lowest BCUT2D eigenvalue weighted by atomic mass is 10.1. The topological polar surface area (TPSA) is 123 Å². The minimum atomic E-state index is -0.612. The first-order valence-electron chi connectivity index (χ1n) is 10.2. The average Bonchev–Trinajstić information content (AvgIpc) is 3.59. The Bertz CT molecular complexity index is 1130. The maximum atomic E-state index is 12.5. The minimum absolute atomic E-state index is 0.0146. The van der Waals surface area contributed by atoms with Crippen LogP contribution in [0.5, 0.6) is 0 Å². The normalized spacial score (nSPS) is 13.8. The maximum Gasteiger partial charge on any atom is 0.234 e. The van der Waals surface area contributed by atoms with Gasteiger partial charge in [0.1, 0.15) is 0 Å². The number of thioether (sulfide) groups is 1. The quantitative estimate of drug-likeness (QED) is 0.159. The van der Waals surface area contributed by atoms with E-state index in [1.165, 1.54) is 23.4 Å². The molecule has 2 aromatic rings. The second-order valence-corrected chi connectivity index (χ2v) is 10.0. The van der Waals surface area contributed by atoms with Gasteiger partial charge in [-0.15, -0.1) is 0 Å². The highest BCUT2D eigenvalue weighted by Crippen LogP contribution is 2.42. The summed E-state index contributed by atoms with van der Waals surface area (Å²) < 4.78 is 0. The lowest BCUT2D eigenvalue weighted by Gasteiger charge is -2.21. The zero-order chi connectivity index (χ0) is 24.2. The number of nitrogens with one attached hydrogen (secondary N) is 1. The summed E-state index contributed by atoms with van der Waals surface area (Å²) >= 11 is 13.8. The highest BCUT2D eigenvalue weighted by atomic mass is 35.5. The number of hydrazone groups is 1. The van der Waals surface area contributed by atoms with E-state index >= 15 is 0 Å². The maximum absolute atomic E-state index is 12.5. The number of carbonyl (C=O) groups is 1. The van der Waals surface area contributed by atoms with Crippen LogP contribution < -0.4 is 27.7 Å². The highest BCUT2D eigenvalue weighted by molar-refractivity contribution is 8.14. The van der Waals surface area contributed by atoms with E-state index in [1.54, 1.807) is 18.2 Å². The van der Waals surface area contributed by atoms with Gasteiger partial charge in [-0.2, -0.15) is 5.10 Å². The molecule has 174 valence electrons. The van der Waals surface area contributed by atoms with E-state index in [0.29, 0.717) is 32.9 Å². The van der Waals surface area contributed by atoms with E-state index in [0.717, 1.165) is 11.8 Å². The van der Waals surface area contributed by atoms with Crippen molar-refractivity contribution < 1.29 is 4.79 Å². The Labute approximate surface area is 208 Å². The molecule has 1 aliphatic carbocycles. The number of hydrogen-bond acceptors (Lipinski definition) is 6. The minimum Gasteiger partial charge on any atom is -0.324 e. The largest absolute Gasteiger partial charge is 0.324 e. The molecule has 1 fully saturated rings. The molecule has 0 aliphatic heterocycles. The van der Waals surface area contributed by atoms with E-state index in [4.69, 9.17) is 40.6 Å². The molecule has 0 atom stereocenters. The van der Waals surface area contributed by atoms with E-state index in [9.17, 15) is 4.79 Å². The summed E-state index contributed by atoms with van der Waals surface area (Å²) in [7, 11) is 0. The number of hydrazine groups is 1. The van der Waals surface area contributed by atoms with Crippen molar-refractivity contribution in [3.05, 3.63) is 57.6 Å². The van der Waals surface area contributed by atoms with Crippen LogP contribution in [0.4, 0.5) is 11.4 Å². The second kappa shape index (κ2) is 10.7. The fourth-order valence-electron chi connectivity index (χ4n) is 2.91. The molecule has 3 rings (SSSR count). The van der Waals surface area contributed by atoms with Crippen molar-refractivity contribution in [2.24, 2.45) is 22.5 Å². The summed E-state index contributed by atoms with van der Waals surface area (Å²) in [6, 6.07) is 10.9. The molecule has 1 aliphatic rings. The number of carbonyl (C=O) groups excluding carboxylic acids is 1. The fourth-order valence-corrected chi connectivity index (χ4v) is 4.06. The number of amides is 1. The number of anilines is 2.